The second-order valence-corrected chi connectivity index (χ2v) is 4.78. The highest BCUT2D eigenvalue weighted by Gasteiger charge is 2.24. The van der Waals surface area contributed by atoms with Gasteiger partial charge in [0.2, 0.25) is 5.91 Å². The van der Waals surface area contributed by atoms with E-state index in [1.54, 1.807) is 6.20 Å². The Morgan fingerprint density at radius 3 is 3.16 bits per heavy atom. The molecule has 0 spiro atoms. The van der Waals surface area contributed by atoms with Crippen LogP contribution in [0.25, 0.3) is 11.0 Å². The summed E-state index contributed by atoms with van der Waals surface area (Å²) in [5, 5.41) is 1.02. The van der Waals surface area contributed by atoms with E-state index in [2.05, 4.69) is 9.97 Å². The molecule has 0 saturated carbocycles. The first kappa shape index (κ1) is 13.8. The summed E-state index contributed by atoms with van der Waals surface area (Å²) in [7, 11) is 0. The number of nitrogens with one attached hydrogen (secondary N) is 1. The number of nitrogens with zero attached hydrogens (tertiary/aromatic N) is 2. The Kier molecular flexibility index (Phi) is 4.07. The highest BCUT2D eigenvalue weighted by Crippen LogP contribution is 2.18. The van der Waals surface area contributed by atoms with Crippen LogP contribution < -0.4 is 5.73 Å². The molecule has 0 radical (unpaired) electrons. The molecule has 19 heavy (non-hydrogen) atoms. The average molecular weight is 281 g/mol. The molecule has 0 aromatic carbocycles. The van der Waals surface area contributed by atoms with Crippen LogP contribution >= 0.6 is 12.4 Å². The van der Waals surface area contributed by atoms with Gasteiger partial charge in [0, 0.05) is 36.9 Å². The molecule has 0 aliphatic carbocycles. The number of pyridine rings is 1. The highest BCUT2D eigenvalue weighted by molar-refractivity contribution is 5.87. The predicted molar refractivity (Wildman–Crippen MR) is 76.2 cm³/mol. The molecule has 1 atom stereocenters. The molecule has 1 aliphatic rings. The molecule has 1 saturated heterocycles. The molecule has 2 aromatic heterocycles. The summed E-state index contributed by atoms with van der Waals surface area (Å²) < 4.78 is 0. The van der Waals surface area contributed by atoms with Crippen molar-refractivity contribution in [1.82, 2.24) is 14.9 Å². The highest BCUT2D eigenvalue weighted by atomic mass is 35.5. The average Bonchev–Trinajstić information content (AvgIpc) is 2.97. The van der Waals surface area contributed by atoms with Gasteiger partial charge in [-0.15, -0.1) is 12.4 Å². The Labute approximate surface area is 117 Å². The van der Waals surface area contributed by atoms with E-state index in [9.17, 15) is 4.79 Å². The van der Waals surface area contributed by atoms with E-state index in [0.29, 0.717) is 13.0 Å². The van der Waals surface area contributed by atoms with Crippen LogP contribution in [0.15, 0.2) is 24.5 Å². The van der Waals surface area contributed by atoms with Crippen molar-refractivity contribution in [2.75, 3.05) is 13.1 Å². The van der Waals surface area contributed by atoms with E-state index in [0.717, 1.165) is 29.6 Å². The maximum atomic E-state index is 12.1. The third-order valence-electron chi connectivity index (χ3n) is 3.46. The molecule has 6 heteroatoms. The van der Waals surface area contributed by atoms with Crippen molar-refractivity contribution in [3.05, 3.63) is 30.1 Å². The molecule has 3 heterocycles. The topological polar surface area (TPSA) is 75.0 Å². The molecular weight excluding hydrogens is 264 g/mol. The van der Waals surface area contributed by atoms with Crippen LogP contribution in [0.4, 0.5) is 0 Å². The predicted octanol–water partition coefficient (Wildman–Crippen LogP) is 1.09. The summed E-state index contributed by atoms with van der Waals surface area (Å²) in [6, 6.07) is 4.01. The smallest absolute Gasteiger partial charge is 0.227 e. The van der Waals surface area contributed by atoms with Gasteiger partial charge < -0.3 is 15.6 Å². The zero-order valence-corrected chi connectivity index (χ0v) is 11.3. The number of aromatic nitrogens is 2. The number of likely N-dealkylation sites (tertiary alicyclic amines) is 1. The number of halogens is 1. The first-order valence-electron chi connectivity index (χ1n) is 6.18. The lowest BCUT2D eigenvalue weighted by atomic mass is 10.1. The van der Waals surface area contributed by atoms with Crippen LogP contribution in [-0.2, 0) is 11.2 Å². The Bertz CT molecular complexity index is 583. The summed E-state index contributed by atoms with van der Waals surface area (Å²) in [6.07, 6.45) is 4.93. The summed E-state index contributed by atoms with van der Waals surface area (Å²) >= 11 is 0. The van der Waals surface area contributed by atoms with E-state index < -0.39 is 0 Å². The second kappa shape index (κ2) is 5.59. The lowest BCUT2D eigenvalue weighted by molar-refractivity contribution is -0.129. The molecule has 0 unspecified atom stereocenters. The van der Waals surface area contributed by atoms with Crippen molar-refractivity contribution >= 4 is 29.3 Å². The number of rotatable bonds is 2. The minimum Gasteiger partial charge on any atom is -0.346 e. The molecule has 2 aromatic rings. The summed E-state index contributed by atoms with van der Waals surface area (Å²) in [6.45, 7) is 1.46. The number of aromatic amines is 1. The fourth-order valence-electron chi connectivity index (χ4n) is 2.45. The van der Waals surface area contributed by atoms with Gasteiger partial charge in [-0.05, 0) is 24.1 Å². The van der Waals surface area contributed by atoms with Gasteiger partial charge in [-0.3, -0.25) is 4.79 Å². The zero-order chi connectivity index (χ0) is 12.5. The van der Waals surface area contributed by atoms with Gasteiger partial charge >= 0.3 is 0 Å². The first-order chi connectivity index (χ1) is 8.74. The number of hydrogen-bond acceptors (Lipinski definition) is 3. The zero-order valence-electron chi connectivity index (χ0n) is 10.5. The van der Waals surface area contributed by atoms with Crippen LogP contribution in [0.3, 0.4) is 0 Å². The maximum Gasteiger partial charge on any atom is 0.227 e. The normalized spacial score (nSPS) is 18.6. The Hall–Kier alpha value is -1.59. The number of fused-ring (bicyclic) bond motifs is 1. The fourth-order valence-corrected chi connectivity index (χ4v) is 2.45. The van der Waals surface area contributed by atoms with Gasteiger partial charge in [0.15, 0.2) is 0 Å². The number of carbonyl (C=O) groups excluding carboxylic acids is 1. The molecule has 0 bridgehead atoms. The second-order valence-electron chi connectivity index (χ2n) is 4.78. The molecular formula is C13H17ClN4O. The number of carbonyl (C=O) groups is 1. The standard InChI is InChI=1S/C13H16N4O.ClH/c14-10-3-5-17(8-10)12(18)6-9-7-16-13-11(9)2-1-4-15-13;/h1-2,4,7,10H,3,5-6,8,14H2,(H,15,16);1H/t10-;/m1./s1. The van der Waals surface area contributed by atoms with Gasteiger partial charge in [-0.25, -0.2) is 4.98 Å². The van der Waals surface area contributed by atoms with Crippen molar-refractivity contribution in [2.45, 2.75) is 18.9 Å². The molecule has 1 aliphatic heterocycles. The number of amides is 1. The minimum atomic E-state index is 0. The maximum absolute atomic E-state index is 12.1. The minimum absolute atomic E-state index is 0. The first-order valence-corrected chi connectivity index (χ1v) is 6.18. The van der Waals surface area contributed by atoms with Crippen LogP contribution in [0.1, 0.15) is 12.0 Å². The van der Waals surface area contributed by atoms with Crippen molar-refractivity contribution in [1.29, 1.82) is 0 Å². The number of H-pyrrole nitrogens is 1. The van der Waals surface area contributed by atoms with Gasteiger partial charge in [0.25, 0.3) is 0 Å². The lowest BCUT2D eigenvalue weighted by Gasteiger charge is -2.15. The largest absolute Gasteiger partial charge is 0.346 e. The van der Waals surface area contributed by atoms with E-state index >= 15 is 0 Å². The monoisotopic (exact) mass is 280 g/mol. The summed E-state index contributed by atoms with van der Waals surface area (Å²) in [5.41, 5.74) is 7.65. The van der Waals surface area contributed by atoms with E-state index in [1.165, 1.54) is 0 Å². The van der Waals surface area contributed by atoms with Crippen molar-refractivity contribution < 1.29 is 4.79 Å². The quantitative estimate of drug-likeness (QED) is 0.865. The third-order valence-corrected chi connectivity index (χ3v) is 3.46. The molecule has 3 N–H and O–H groups in total. The molecule has 102 valence electrons. The Morgan fingerprint density at radius 1 is 1.58 bits per heavy atom. The summed E-state index contributed by atoms with van der Waals surface area (Å²) in [5.74, 6) is 0.146. The molecule has 1 fully saturated rings. The number of hydrogen-bond donors (Lipinski definition) is 2. The molecule has 1 amide bonds. The van der Waals surface area contributed by atoms with E-state index in [1.807, 2.05) is 23.2 Å². The van der Waals surface area contributed by atoms with Crippen LogP contribution in [-0.4, -0.2) is 39.9 Å². The van der Waals surface area contributed by atoms with Gasteiger partial charge in [-0.1, -0.05) is 0 Å². The van der Waals surface area contributed by atoms with Crippen LogP contribution in [0, 0.1) is 0 Å². The van der Waals surface area contributed by atoms with Crippen molar-refractivity contribution in [3.8, 4) is 0 Å². The summed E-state index contributed by atoms with van der Waals surface area (Å²) in [4.78, 5) is 21.3. The van der Waals surface area contributed by atoms with Gasteiger partial charge in [-0.2, -0.15) is 0 Å². The van der Waals surface area contributed by atoms with E-state index in [4.69, 9.17) is 5.73 Å². The Morgan fingerprint density at radius 2 is 2.42 bits per heavy atom. The van der Waals surface area contributed by atoms with E-state index in [-0.39, 0.29) is 24.4 Å². The van der Waals surface area contributed by atoms with Crippen molar-refractivity contribution in [2.24, 2.45) is 5.73 Å². The van der Waals surface area contributed by atoms with Gasteiger partial charge in [0.05, 0.1) is 6.42 Å². The third kappa shape index (κ3) is 2.72. The molecule has 3 rings (SSSR count). The number of nitrogens with two attached hydrogens (primary N) is 1. The lowest BCUT2D eigenvalue weighted by Crippen LogP contribution is -2.32. The van der Waals surface area contributed by atoms with Crippen molar-refractivity contribution in [3.63, 3.8) is 0 Å². The van der Waals surface area contributed by atoms with Crippen LogP contribution in [0.5, 0.6) is 0 Å². The van der Waals surface area contributed by atoms with Crippen LogP contribution in [0.2, 0.25) is 0 Å². The van der Waals surface area contributed by atoms with Gasteiger partial charge in [0.1, 0.15) is 5.65 Å². The fraction of sp³-hybridized carbons (Fsp3) is 0.385. The molecule has 5 nitrogen and oxygen atoms in total. The SMILES string of the molecule is Cl.N[C@@H]1CCN(C(=O)Cc2c[nH]c3ncccc23)C1. The Balaban J connectivity index is 0.00000133.